The Balaban J connectivity index is 3.24. The molecule has 5 heteroatoms. The van der Waals surface area contributed by atoms with Crippen LogP contribution in [0.15, 0.2) is 23.4 Å². The fourth-order valence-electron chi connectivity index (χ4n) is 2.14. The van der Waals surface area contributed by atoms with Crippen LogP contribution in [-0.4, -0.2) is 23.6 Å². The molecule has 1 unspecified atom stereocenters. The van der Waals surface area contributed by atoms with E-state index < -0.39 is 0 Å². The second kappa shape index (κ2) is 8.00. The summed E-state index contributed by atoms with van der Waals surface area (Å²) in [5.41, 5.74) is 7.43. The molecular formula is C15H24ClN3O. The zero-order valence-corrected chi connectivity index (χ0v) is 13.2. The average Bonchev–Trinajstić information content (AvgIpc) is 2.47. The maximum absolute atomic E-state index is 8.96. The lowest BCUT2D eigenvalue weighted by Crippen LogP contribution is -2.35. The van der Waals surface area contributed by atoms with Crippen molar-refractivity contribution < 1.29 is 5.21 Å². The minimum atomic E-state index is 0.0901. The van der Waals surface area contributed by atoms with Gasteiger partial charge in [0.25, 0.3) is 0 Å². The van der Waals surface area contributed by atoms with Gasteiger partial charge in [0.15, 0.2) is 5.84 Å². The normalized spacial score (nSPS) is 13.3. The van der Waals surface area contributed by atoms with Crippen molar-refractivity contribution in [2.45, 2.75) is 46.1 Å². The lowest BCUT2D eigenvalue weighted by molar-refractivity contribution is 0.318. The molecule has 112 valence electrons. The summed E-state index contributed by atoms with van der Waals surface area (Å²) < 4.78 is 0. The molecule has 0 aliphatic heterocycles. The van der Waals surface area contributed by atoms with Crippen LogP contribution in [0.25, 0.3) is 0 Å². The SMILES string of the molecule is CCCCN(c1ccc(Cl)cc1C(N)=NO)C(C)CC. The Morgan fingerprint density at radius 3 is 2.70 bits per heavy atom. The van der Waals surface area contributed by atoms with E-state index in [2.05, 4.69) is 30.8 Å². The van der Waals surface area contributed by atoms with Crippen molar-refractivity contribution in [3.8, 4) is 0 Å². The summed E-state index contributed by atoms with van der Waals surface area (Å²) in [5, 5.41) is 12.7. The van der Waals surface area contributed by atoms with Crippen molar-refractivity contribution in [3.63, 3.8) is 0 Å². The molecule has 3 N–H and O–H groups in total. The fraction of sp³-hybridized carbons (Fsp3) is 0.533. The van der Waals surface area contributed by atoms with Crippen LogP contribution in [0.1, 0.15) is 45.6 Å². The number of hydrogen-bond acceptors (Lipinski definition) is 3. The zero-order valence-electron chi connectivity index (χ0n) is 12.4. The van der Waals surface area contributed by atoms with Gasteiger partial charge in [0.2, 0.25) is 0 Å². The number of rotatable bonds is 7. The molecule has 0 amide bonds. The summed E-state index contributed by atoms with van der Waals surface area (Å²) in [6.07, 6.45) is 3.25. The van der Waals surface area contributed by atoms with Gasteiger partial charge in [0, 0.05) is 28.9 Å². The molecule has 0 saturated heterocycles. The number of hydrogen-bond donors (Lipinski definition) is 2. The standard InChI is InChI=1S/C15H24ClN3O/c1-4-6-9-19(11(3)5-2)14-8-7-12(16)10-13(14)15(17)18-20/h7-8,10-11,20H,4-6,9H2,1-3H3,(H2,17,18). The molecule has 1 rings (SSSR count). The fourth-order valence-corrected chi connectivity index (χ4v) is 2.32. The topological polar surface area (TPSA) is 61.8 Å². The predicted octanol–water partition coefficient (Wildman–Crippen LogP) is 3.84. The summed E-state index contributed by atoms with van der Waals surface area (Å²) in [7, 11) is 0. The van der Waals surface area contributed by atoms with Crippen molar-refractivity contribution >= 4 is 23.1 Å². The van der Waals surface area contributed by atoms with E-state index in [4.69, 9.17) is 22.5 Å². The van der Waals surface area contributed by atoms with E-state index >= 15 is 0 Å². The monoisotopic (exact) mass is 297 g/mol. The van der Waals surface area contributed by atoms with Gasteiger partial charge in [-0.2, -0.15) is 0 Å². The van der Waals surface area contributed by atoms with Crippen LogP contribution in [0.4, 0.5) is 5.69 Å². The Hall–Kier alpha value is -1.42. The molecule has 1 atom stereocenters. The van der Waals surface area contributed by atoms with Gasteiger partial charge in [-0.25, -0.2) is 0 Å². The molecule has 0 fully saturated rings. The molecule has 0 radical (unpaired) electrons. The lowest BCUT2D eigenvalue weighted by Gasteiger charge is -2.32. The van der Waals surface area contributed by atoms with Crippen LogP contribution in [0.2, 0.25) is 5.02 Å². The number of amidine groups is 1. The Bertz CT molecular complexity index is 462. The van der Waals surface area contributed by atoms with Crippen molar-refractivity contribution in [1.82, 2.24) is 0 Å². The molecule has 0 aromatic heterocycles. The number of anilines is 1. The first kappa shape index (κ1) is 16.6. The van der Waals surface area contributed by atoms with Gasteiger partial charge < -0.3 is 15.8 Å². The molecule has 0 heterocycles. The zero-order chi connectivity index (χ0) is 15.1. The molecule has 0 aliphatic rings. The Labute approximate surface area is 126 Å². The van der Waals surface area contributed by atoms with Crippen molar-refractivity contribution in [2.75, 3.05) is 11.4 Å². The van der Waals surface area contributed by atoms with Gasteiger partial charge in [-0.1, -0.05) is 37.0 Å². The summed E-state index contributed by atoms with van der Waals surface area (Å²) in [5.74, 6) is 0.0901. The van der Waals surface area contributed by atoms with E-state index in [-0.39, 0.29) is 5.84 Å². The van der Waals surface area contributed by atoms with Crippen molar-refractivity contribution in [2.24, 2.45) is 10.9 Å². The second-order valence-corrected chi connectivity index (χ2v) is 5.39. The minimum Gasteiger partial charge on any atom is -0.409 e. The van der Waals surface area contributed by atoms with Crippen LogP contribution in [0.5, 0.6) is 0 Å². The lowest BCUT2D eigenvalue weighted by atomic mass is 10.1. The third kappa shape index (κ3) is 4.04. The summed E-state index contributed by atoms with van der Waals surface area (Å²) in [4.78, 5) is 2.30. The number of nitrogens with zero attached hydrogens (tertiary/aromatic N) is 2. The van der Waals surface area contributed by atoms with E-state index in [1.807, 2.05) is 12.1 Å². The van der Waals surface area contributed by atoms with E-state index in [0.29, 0.717) is 16.6 Å². The van der Waals surface area contributed by atoms with Crippen LogP contribution in [0, 0.1) is 0 Å². The van der Waals surface area contributed by atoms with Gasteiger partial charge in [0.05, 0.1) is 0 Å². The van der Waals surface area contributed by atoms with Gasteiger partial charge in [-0.05, 0) is 38.0 Å². The van der Waals surface area contributed by atoms with Crippen molar-refractivity contribution in [1.29, 1.82) is 0 Å². The third-order valence-corrected chi connectivity index (χ3v) is 3.76. The Morgan fingerprint density at radius 1 is 1.45 bits per heavy atom. The first-order valence-corrected chi connectivity index (χ1v) is 7.47. The highest BCUT2D eigenvalue weighted by atomic mass is 35.5. The van der Waals surface area contributed by atoms with Gasteiger partial charge in [0.1, 0.15) is 0 Å². The number of oxime groups is 1. The Kier molecular flexibility index (Phi) is 6.65. The van der Waals surface area contributed by atoms with Crippen LogP contribution in [0.3, 0.4) is 0 Å². The molecule has 20 heavy (non-hydrogen) atoms. The number of nitrogens with two attached hydrogens (primary N) is 1. The van der Waals surface area contributed by atoms with Crippen LogP contribution >= 0.6 is 11.6 Å². The van der Waals surface area contributed by atoms with Crippen LogP contribution in [-0.2, 0) is 0 Å². The van der Waals surface area contributed by atoms with Crippen molar-refractivity contribution in [3.05, 3.63) is 28.8 Å². The maximum atomic E-state index is 8.96. The van der Waals surface area contributed by atoms with Gasteiger partial charge >= 0.3 is 0 Å². The summed E-state index contributed by atoms with van der Waals surface area (Å²) in [6.45, 7) is 7.45. The van der Waals surface area contributed by atoms with Gasteiger partial charge in [-0.15, -0.1) is 0 Å². The van der Waals surface area contributed by atoms with E-state index in [0.717, 1.165) is 31.5 Å². The number of benzene rings is 1. The van der Waals surface area contributed by atoms with Gasteiger partial charge in [-0.3, -0.25) is 0 Å². The highest BCUT2D eigenvalue weighted by Crippen LogP contribution is 2.27. The Morgan fingerprint density at radius 2 is 2.15 bits per heavy atom. The largest absolute Gasteiger partial charge is 0.409 e. The second-order valence-electron chi connectivity index (χ2n) is 4.95. The average molecular weight is 298 g/mol. The molecule has 0 spiro atoms. The molecule has 1 aromatic carbocycles. The summed E-state index contributed by atoms with van der Waals surface area (Å²) >= 11 is 6.03. The molecule has 4 nitrogen and oxygen atoms in total. The van der Waals surface area contributed by atoms with E-state index in [9.17, 15) is 0 Å². The predicted molar refractivity (Wildman–Crippen MR) is 86.0 cm³/mol. The first-order chi connectivity index (χ1) is 9.54. The highest BCUT2D eigenvalue weighted by molar-refractivity contribution is 6.31. The minimum absolute atomic E-state index is 0.0901. The molecule has 0 bridgehead atoms. The quantitative estimate of drug-likeness (QED) is 0.348. The number of halogens is 1. The molecule has 0 aliphatic carbocycles. The molecule has 0 saturated carbocycles. The van der Waals surface area contributed by atoms with Crippen LogP contribution < -0.4 is 10.6 Å². The molecule has 1 aromatic rings. The molecular weight excluding hydrogens is 274 g/mol. The third-order valence-electron chi connectivity index (χ3n) is 3.53. The number of unbranched alkanes of at least 4 members (excludes halogenated alkanes) is 1. The summed E-state index contributed by atoms with van der Waals surface area (Å²) in [6, 6.07) is 5.91. The maximum Gasteiger partial charge on any atom is 0.172 e. The smallest absolute Gasteiger partial charge is 0.172 e. The first-order valence-electron chi connectivity index (χ1n) is 7.09. The van der Waals surface area contributed by atoms with E-state index in [1.165, 1.54) is 0 Å². The highest BCUT2D eigenvalue weighted by Gasteiger charge is 2.18. The van der Waals surface area contributed by atoms with E-state index in [1.54, 1.807) is 6.07 Å².